The summed E-state index contributed by atoms with van der Waals surface area (Å²) in [6.07, 6.45) is 2.86. The number of hydrogen-bond acceptors (Lipinski definition) is 3. The third kappa shape index (κ3) is 2.65. The molecule has 1 aliphatic rings. The monoisotopic (exact) mass is 232 g/mol. The summed E-state index contributed by atoms with van der Waals surface area (Å²) in [4.78, 5) is 11.3. The molecule has 0 spiro atoms. The van der Waals surface area contributed by atoms with Crippen LogP contribution in [0.1, 0.15) is 26.7 Å². The van der Waals surface area contributed by atoms with Crippen molar-refractivity contribution in [3.63, 3.8) is 0 Å². The Morgan fingerprint density at radius 2 is 2.27 bits per heavy atom. The summed E-state index contributed by atoms with van der Waals surface area (Å²) in [5.74, 6) is 0.931. The predicted molar refractivity (Wildman–Crippen MR) is 58.7 cm³/mol. The van der Waals surface area contributed by atoms with E-state index in [2.05, 4.69) is 0 Å². The first-order valence-electron chi connectivity index (χ1n) is 5.05. The number of rotatable bonds is 4. The second-order valence-electron chi connectivity index (χ2n) is 4.19. The van der Waals surface area contributed by atoms with Crippen LogP contribution in [0, 0.1) is 5.41 Å². The maximum absolute atomic E-state index is 11.3. The van der Waals surface area contributed by atoms with Crippen LogP contribution < -0.4 is 0 Å². The molecule has 3 nitrogen and oxygen atoms in total. The molecule has 1 atom stereocenters. The fourth-order valence-corrected chi connectivity index (χ4v) is 1.93. The van der Waals surface area contributed by atoms with Crippen molar-refractivity contribution in [1.29, 1.82) is 0 Å². The lowest BCUT2D eigenvalue weighted by molar-refractivity contribution is -0.153. The van der Waals surface area contributed by atoms with Crippen LogP contribution in [0.25, 0.3) is 0 Å². The number of cyclic esters (lactones) is 1. The highest BCUT2D eigenvalue weighted by molar-refractivity contribution is 6.17. The molecule has 1 heterocycles. The first-order valence-corrected chi connectivity index (χ1v) is 5.58. The van der Waals surface area contributed by atoms with Crippen LogP contribution in [-0.2, 0) is 14.3 Å². The van der Waals surface area contributed by atoms with Crippen molar-refractivity contribution in [1.82, 2.24) is 0 Å². The highest BCUT2D eigenvalue weighted by atomic mass is 35.5. The second kappa shape index (κ2) is 4.88. The van der Waals surface area contributed by atoms with Gasteiger partial charge in [0, 0.05) is 5.88 Å². The number of hydrogen-bond donors (Lipinski definition) is 0. The molecule has 0 radical (unpaired) electrons. The maximum Gasteiger partial charge on any atom is 0.334 e. The van der Waals surface area contributed by atoms with E-state index in [-0.39, 0.29) is 17.5 Å². The molecule has 0 bridgehead atoms. The second-order valence-corrected chi connectivity index (χ2v) is 4.57. The highest BCUT2D eigenvalue weighted by Crippen LogP contribution is 2.38. The fraction of sp³-hybridized carbons (Fsp3) is 0.727. The van der Waals surface area contributed by atoms with Crippen LogP contribution >= 0.6 is 11.6 Å². The summed E-state index contributed by atoms with van der Waals surface area (Å²) in [5.41, 5.74) is -0.269. The molecule has 1 aliphatic heterocycles. The Morgan fingerprint density at radius 3 is 2.80 bits per heavy atom. The fourth-order valence-electron chi connectivity index (χ4n) is 1.78. The van der Waals surface area contributed by atoms with Gasteiger partial charge in [0.05, 0.1) is 18.6 Å². The van der Waals surface area contributed by atoms with Crippen molar-refractivity contribution in [2.24, 2.45) is 5.41 Å². The van der Waals surface area contributed by atoms with E-state index in [1.165, 1.54) is 6.08 Å². The average Bonchev–Trinajstić information content (AvgIpc) is 2.18. The Balaban J connectivity index is 2.82. The molecular formula is C11H17ClO3. The quantitative estimate of drug-likeness (QED) is 0.552. The van der Waals surface area contributed by atoms with E-state index in [1.807, 2.05) is 13.8 Å². The summed E-state index contributed by atoms with van der Waals surface area (Å²) in [7, 11) is 1.57. The van der Waals surface area contributed by atoms with Gasteiger partial charge in [-0.25, -0.2) is 4.79 Å². The van der Waals surface area contributed by atoms with Crippen LogP contribution in [0.5, 0.6) is 0 Å². The van der Waals surface area contributed by atoms with E-state index in [0.717, 1.165) is 12.8 Å². The minimum atomic E-state index is -0.328. The molecule has 4 heteroatoms. The van der Waals surface area contributed by atoms with Gasteiger partial charge in [0.1, 0.15) is 11.9 Å². The van der Waals surface area contributed by atoms with Gasteiger partial charge in [-0.15, -0.1) is 11.6 Å². The largest absolute Gasteiger partial charge is 0.500 e. The molecule has 0 saturated heterocycles. The standard InChI is InChI=1S/C11H17ClO3/c1-11(2)8(5-4-6-12)15-10(13)7-9(11)14-3/h7-8H,4-6H2,1-3H3. The number of halogens is 1. The zero-order valence-corrected chi connectivity index (χ0v) is 10.1. The molecule has 0 aromatic carbocycles. The highest BCUT2D eigenvalue weighted by Gasteiger charge is 2.40. The molecule has 86 valence electrons. The average molecular weight is 233 g/mol. The van der Waals surface area contributed by atoms with E-state index in [9.17, 15) is 4.79 Å². The van der Waals surface area contributed by atoms with Gasteiger partial charge in [-0.05, 0) is 26.7 Å². The van der Waals surface area contributed by atoms with Crippen LogP contribution in [0.15, 0.2) is 11.8 Å². The van der Waals surface area contributed by atoms with E-state index in [4.69, 9.17) is 21.1 Å². The SMILES string of the molecule is COC1=CC(=O)OC(CCCCl)C1(C)C. The van der Waals surface area contributed by atoms with Crippen molar-refractivity contribution in [3.05, 3.63) is 11.8 Å². The predicted octanol–water partition coefficient (Wildman–Crippen LogP) is 2.49. The van der Waals surface area contributed by atoms with Crippen molar-refractivity contribution in [2.45, 2.75) is 32.8 Å². The molecule has 0 aromatic rings. The van der Waals surface area contributed by atoms with Crippen LogP contribution in [0.2, 0.25) is 0 Å². The normalized spacial score (nSPS) is 24.4. The Labute approximate surface area is 95.4 Å². The Bertz CT molecular complexity index is 271. The van der Waals surface area contributed by atoms with Crippen molar-refractivity contribution < 1.29 is 14.3 Å². The van der Waals surface area contributed by atoms with Gasteiger partial charge >= 0.3 is 5.97 Å². The summed E-state index contributed by atoms with van der Waals surface area (Å²) < 4.78 is 10.5. The number of alkyl halides is 1. The smallest absolute Gasteiger partial charge is 0.334 e. The van der Waals surface area contributed by atoms with E-state index >= 15 is 0 Å². The molecule has 0 aliphatic carbocycles. The molecule has 0 fully saturated rings. The topological polar surface area (TPSA) is 35.5 Å². The van der Waals surface area contributed by atoms with Gasteiger partial charge in [0.25, 0.3) is 0 Å². The molecule has 0 saturated carbocycles. The van der Waals surface area contributed by atoms with Gasteiger partial charge in [-0.3, -0.25) is 0 Å². The molecule has 15 heavy (non-hydrogen) atoms. The first kappa shape index (κ1) is 12.4. The van der Waals surface area contributed by atoms with Gasteiger partial charge in [0.15, 0.2) is 0 Å². The number of esters is 1. The minimum Gasteiger partial charge on any atom is -0.500 e. The molecule has 0 N–H and O–H groups in total. The van der Waals surface area contributed by atoms with Crippen LogP contribution in [-0.4, -0.2) is 25.1 Å². The first-order chi connectivity index (χ1) is 7.02. The lowest BCUT2D eigenvalue weighted by atomic mass is 9.80. The summed E-state index contributed by atoms with van der Waals surface area (Å²) in [6, 6.07) is 0. The van der Waals surface area contributed by atoms with Crippen molar-refractivity contribution >= 4 is 17.6 Å². The third-order valence-electron chi connectivity index (χ3n) is 2.77. The number of carbonyl (C=O) groups excluding carboxylic acids is 1. The molecule has 1 unspecified atom stereocenters. The van der Waals surface area contributed by atoms with Crippen molar-refractivity contribution in [3.8, 4) is 0 Å². The Morgan fingerprint density at radius 1 is 1.60 bits per heavy atom. The maximum atomic E-state index is 11.3. The molecule has 1 rings (SSSR count). The van der Waals surface area contributed by atoms with Crippen molar-refractivity contribution in [2.75, 3.05) is 13.0 Å². The number of ether oxygens (including phenoxy) is 2. The van der Waals surface area contributed by atoms with Crippen LogP contribution in [0.3, 0.4) is 0 Å². The lowest BCUT2D eigenvalue weighted by Gasteiger charge is -2.37. The molecule has 0 aromatic heterocycles. The molecular weight excluding hydrogens is 216 g/mol. The Hall–Kier alpha value is -0.700. The van der Waals surface area contributed by atoms with Gasteiger partial charge in [-0.1, -0.05) is 0 Å². The zero-order valence-electron chi connectivity index (χ0n) is 9.38. The van der Waals surface area contributed by atoms with Crippen LogP contribution in [0.4, 0.5) is 0 Å². The number of carbonyl (C=O) groups is 1. The lowest BCUT2D eigenvalue weighted by Crippen LogP contribution is -2.39. The summed E-state index contributed by atoms with van der Waals surface area (Å²) in [6.45, 7) is 4.02. The van der Waals surface area contributed by atoms with Gasteiger partial charge in [0.2, 0.25) is 0 Å². The Kier molecular flexibility index (Phi) is 4.03. The minimum absolute atomic E-state index is 0.149. The zero-order chi connectivity index (χ0) is 11.5. The summed E-state index contributed by atoms with van der Waals surface area (Å²) in [5, 5.41) is 0. The molecule has 0 amide bonds. The number of methoxy groups -OCH3 is 1. The van der Waals surface area contributed by atoms with Gasteiger partial charge < -0.3 is 9.47 Å². The summed E-state index contributed by atoms with van der Waals surface area (Å²) >= 11 is 5.63. The van der Waals surface area contributed by atoms with Gasteiger partial charge in [-0.2, -0.15) is 0 Å². The van der Waals surface area contributed by atoms with E-state index in [0.29, 0.717) is 11.6 Å². The third-order valence-corrected chi connectivity index (χ3v) is 3.03. The van der Waals surface area contributed by atoms with E-state index in [1.54, 1.807) is 7.11 Å². The van der Waals surface area contributed by atoms with E-state index < -0.39 is 0 Å².